The summed E-state index contributed by atoms with van der Waals surface area (Å²) >= 11 is 0. The molecule has 0 spiro atoms. The van der Waals surface area contributed by atoms with Gasteiger partial charge in [0.25, 0.3) is 0 Å². The van der Waals surface area contributed by atoms with Gasteiger partial charge in [-0.05, 0) is 26.2 Å². The summed E-state index contributed by atoms with van der Waals surface area (Å²) in [5.41, 5.74) is -1.66. The normalized spacial score (nSPS) is 38.6. The maximum Gasteiger partial charge on any atom is 0.312 e. The first kappa shape index (κ1) is 15.9. The first-order chi connectivity index (χ1) is 8.71. The van der Waals surface area contributed by atoms with E-state index in [0.717, 1.165) is 0 Å². The average molecular weight is 274 g/mol. The molecule has 5 atom stereocenters. The first-order valence-electron chi connectivity index (χ1n) is 6.46. The molecule has 0 amide bonds. The predicted molar refractivity (Wildman–Crippen MR) is 66.1 cm³/mol. The lowest BCUT2D eigenvalue weighted by Gasteiger charge is -2.46. The average Bonchev–Trinajstić information content (AvgIpc) is 2.23. The predicted octanol–water partition coefficient (Wildman–Crippen LogP) is 0.249. The van der Waals surface area contributed by atoms with Crippen LogP contribution in [0.4, 0.5) is 0 Å². The fourth-order valence-corrected chi connectivity index (χ4v) is 2.86. The van der Waals surface area contributed by atoms with Crippen LogP contribution in [0, 0.1) is 11.8 Å². The van der Waals surface area contributed by atoms with E-state index in [9.17, 15) is 19.8 Å². The lowest BCUT2D eigenvalue weighted by molar-refractivity contribution is -0.216. The molecular formula is C13H22O6. The molecule has 1 rings (SSSR count). The topological polar surface area (TPSA) is 93.1 Å². The molecule has 0 aromatic heterocycles. The standard InChI is InChI=1S/C13H22O6/c1-5-18-12(16)10-7(2)6-9(15)11(13(10,4)17)19-8(3)14/h7,9-11,15,17H,5-6H2,1-4H3/t7-,9+,10+,11+,13+/m0/s1. The molecule has 0 unspecified atom stereocenters. The smallest absolute Gasteiger partial charge is 0.312 e. The zero-order valence-corrected chi connectivity index (χ0v) is 11.8. The zero-order valence-electron chi connectivity index (χ0n) is 11.8. The minimum Gasteiger partial charge on any atom is -0.466 e. The van der Waals surface area contributed by atoms with Gasteiger partial charge < -0.3 is 19.7 Å². The molecule has 0 radical (unpaired) electrons. The molecule has 0 bridgehead atoms. The van der Waals surface area contributed by atoms with Gasteiger partial charge in [-0.1, -0.05) is 6.92 Å². The van der Waals surface area contributed by atoms with E-state index in [1.165, 1.54) is 13.8 Å². The summed E-state index contributed by atoms with van der Waals surface area (Å²) in [6.07, 6.45) is -1.87. The highest BCUT2D eigenvalue weighted by atomic mass is 16.6. The molecule has 0 aromatic carbocycles. The fourth-order valence-electron chi connectivity index (χ4n) is 2.86. The molecule has 6 nitrogen and oxygen atoms in total. The van der Waals surface area contributed by atoms with Crippen molar-refractivity contribution in [3.05, 3.63) is 0 Å². The van der Waals surface area contributed by atoms with Gasteiger partial charge in [0, 0.05) is 6.92 Å². The number of rotatable bonds is 3. The number of esters is 2. The Kier molecular flexibility index (Phi) is 4.92. The van der Waals surface area contributed by atoms with Crippen LogP contribution in [0.25, 0.3) is 0 Å². The van der Waals surface area contributed by atoms with Crippen LogP contribution >= 0.6 is 0 Å². The van der Waals surface area contributed by atoms with Gasteiger partial charge in [-0.25, -0.2) is 0 Å². The Bertz CT molecular complexity index is 351. The molecule has 0 aromatic rings. The number of ether oxygens (including phenoxy) is 2. The van der Waals surface area contributed by atoms with Gasteiger partial charge in [-0.2, -0.15) is 0 Å². The molecule has 0 saturated heterocycles. The Hall–Kier alpha value is -1.14. The van der Waals surface area contributed by atoms with Crippen LogP contribution in [0.3, 0.4) is 0 Å². The van der Waals surface area contributed by atoms with Crippen LogP contribution in [-0.2, 0) is 19.1 Å². The summed E-state index contributed by atoms with van der Waals surface area (Å²) < 4.78 is 9.93. The van der Waals surface area contributed by atoms with Gasteiger partial charge >= 0.3 is 11.9 Å². The zero-order chi connectivity index (χ0) is 14.8. The first-order valence-corrected chi connectivity index (χ1v) is 6.46. The molecule has 1 aliphatic carbocycles. The Labute approximate surface area is 112 Å². The third-order valence-corrected chi connectivity index (χ3v) is 3.57. The van der Waals surface area contributed by atoms with Crippen molar-refractivity contribution in [2.45, 2.75) is 51.9 Å². The largest absolute Gasteiger partial charge is 0.466 e. The third-order valence-electron chi connectivity index (χ3n) is 3.57. The van der Waals surface area contributed by atoms with E-state index in [-0.39, 0.29) is 18.9 Å². The molecule has 1 aliphatic rings. The molecule has 110 valence electrons. The van der Waals surface area contributed by atoms with E-state index in [4.69, 9.17) is 9.47 Å². The lowest BCUT2D eigenvalue weighted by atomic mass is 9.67. The van der Waals surface area contributed by atoms with E-state index < -0.39 is 35.7 Å². The van der Waals surface area contributed by atoms with Crippen LogP contribution in [0.5, 0.6) is 0 Å². The quantitative estimate of drug-likeness (QED) is 0.717. The number of carbonyl (C=O) groups is 2. The van der Waals surface area contributed by atoms with Gasteiger partial charge in [0.2, 0.25) is 0 Å². The minimum atomic E-state index is -1.66. The Morgan fingerprint density at radius 3 is 2.47 bits per heavy atom. The minimum absolute atomic E-state index is 0.207. The van der Waals surface area contributed by atoms with Crippen molar-refractivity contribution in [1.82, 2.24) is 0 Å². The monoisotopic (exact) mass is 274 g/mol. The van der Waals surface area contributed by atoms with E-state index >= 15 is 0 Å². The number of hydrogen-bond acceptors (Lipinski definition) is 6. The van der Waals surface area contributed by atoms with Crippen molar-refractivity contribution in [3.8, 4) is 0 Å². The number of aliphatic hydroxyl groups excluding tert-OH is 1. The molecule has 6 heteroatoms. The summed E-state index contributed by atoms with van der Waals surface area (Å²) in [5.74, 6) is -2.25. The lowest BCUT2D eigenvalue weighted by Crippen LogP contribution is -2.62. The third kappa shape index (κ3) is 3.25. The number of carbonyl (C=O) groups excluding carboxylic acids is 2. The maximum atomic E-state index is 12.0. The fraction of sp³-hybridized carbons (Fsp3) is 0.846. The summed E-state index contributed by atoms with van der Waals surface area (Å²) in [6.45, 7) is 6.22. The van der Waals surface area contributed by atoms with Crippen LogP contribution < -0.4 is 0 Å². The summed E-state index contributed by atoms with van der Waals surface area (Å²) in [6, 6.07) is 0. The van der Waals surface area contributed by atoms with E-state index in [2.05, 4.69) is 0 Å². The second-order valence-electron chi connectivity index (χ2n) is 5.27. The van der Waals surface area contributed by atoms with Crippen molar-refractivity contribution in [1.29, 1.82) is 0 Å². The highest BCUT2D eigenvalue weighted by molar-refractivity contribution is 5.75. The highest BCUT2D eigenvalue weighted by Crippen LogP contribution is 2.40. The molecule has 1 saturated carbocycles. The van der Waals surface area contributed by atoms with E-state index in [1.54, 1.807) is 13.8 Å². The summed E-state index contributed by atoms with van der Waals surface area (Å²) in [5, 5.41) is 20.5. The Morgan fingerprint density at radius 2 is 2.00 bits per heavy atom. The van der Waals surface area contributed by atoms with Gasteiger partial charge in [0.15, 0.2) is 6.10 Å². The molecular weight excluding hydrogens is 252 g/mol. The van der Waals surface area contributed by atoms with Gasteiger partial charge in [0.05, 0.1) is 18.6 Å². The van der Waals surface area contributed by atoms with Gasteiger partial charge in [-0.3, -0.25) is 9.59 Å². The van der Waals surface area contributed by atoms with Crippen molar-refractivity contribution < 1.29 is 29.3 Å². The second-order valence-corrected chi connectivity index (χ2v) is 5.27. The van der Waals surface area contributed by atoms with Crippen LogP contribution in [0.1, 0.15) is 34.1 Å². The second kappa shape index (κ2) is 5.88. The highest BCUT2D eigenvalue weighted by Gasteiger charge is 2.55. The van der Waals surface area contributed by atoms with Crippen LogP contribution in [0.2, 0.25) is 0 Å². The molecule has 1 fully saturated rings. The number of aliphatic hydroxyl groups is 2. The van der Waals surface area contributed by atoms with Crippen LogP contribution in [0.15, 0.2) is 0 Å². The Balaban J connectivity index is 3.02. The van der Waals surface area contributed by atoms with Crippen molar-refractivity contribution in [3.63, 3.8) is 0 Å². The summed E-state index contributed by atoms with van der Waals surface area (Å²) in [7, 11) is 0. The molecule has 19 heavy (non-hydrogen) atoms. The maximum absolute atomic E-state index is 12.0. The van der Waals surface area contributed by atoms with Gasteiger partial charge in [0.1, 0.15) is 5.60 Å². The van der Waals surface area contributed by atoms with Crippen molar-refractivity contribution >= 4 is 11.9 Å². The van der Waals surface area contributed by atoms with E-state index in [0.29, 0.717) is 0 Å². The van der Waals surface area contributed by atoms with E-state index in [1.807, 2.05) is 0 Å². The molecule has 0 aliphatic heterocycles. The van der Waals surface area contributed by atoms with Crippen molar-refractivity contribution in [2.75, 3.05) is 6.61 Å². The number of hydrogen-bond donors (Lipinski definition) is 2. The van der Waals surface area contributed by atoms with Gasteiger partial charge in [-0.15, -0.1) is 0 Å². The molecule has 2 N–H and O–H groups in total. The summed E-state index contributed by atoms with van der Waals surface area (Å²) in [4.78, 5) is 23.0. The van der Waals surface area contributed by atoms with Crippen molar-refractivity contribution in [2.24, 2.45) is 11.8 Å². The molecule has 0 heterocycles. The van der Waals surface area contributed by atoms with Crippen LogP contribution in [-0.4, -0.2) is 46.6 Å². The SMILES string of the molecule is CCOC(=O)[C@H]1[C@@H](C)C[C@@H](O)[C@@H](OC(C)=O)[C@]1(C)O. The Morgan fingerprint density at radius 1 is 1.42 bits per heavy atom.